The van der Waals surface area contributed by atoms with Crippen LogP contribution in [0, 0.1) is 0 Å². The molecule has 2 aromatic rings. The van der Waals surface area contributed by atoms with Crippen LogP contribution >= 0.6 is 15.9 Å². The van der Waals surface area contributed by atoms with Crippen LogP contribution in [-0.2, 0) is 32.4 Å². The first-order chi connectivity index (χ1) is 10.2. The normalized spacial score (nSPS) is 13.7. The molecule has 0 unspecified atom stereocenters. The Morgan fingerprint density at radius 2 is 2.10 bits per heavy atom. The molecule has 2 heterocycles. The zero-order valence-electron chi connectivity index (χ0n) is 12.5. The van der Waals surface area contributed by atoms with Crippen molar-refractivity contribution in [2.75, 3.05) is 0 Å². The summed E-state index contributed by atoms with van der Waals surface area (Å²) in [5, 5.41) is 4.62. The van der Waals surface area contributed by atoms with Crippen LogP contribution in [0.3, 0.4) is 0 Å². The van der Waals surface area contributed by atoms with E-state index in [2.05, 4.69) is 34.9 Å². The number of fused-ring (bicyclic) bond motifs is 1. The fourth-order valence-corrected chi connectivity index (χ4v) is 3.82. The highest BCUT2D eigenvalue weighted by atomic mass is 79.9. The van der Waals surface area contributed by atoms with Gasteiger partial charge >= 0.3 is 0 Å². The number of rotatable bonds is 4. The van der Waals surface area contributed by atoms with Crippen molar-refractivity contribution < 1.29 is 0 Å². The molecule has 0 radical (unpaired) electrons. The van der Waals surface area contributed by atoms with Gasteiger partial charge in [0.25, 0.3) is 5.56 Å². The molecule has 5 heteroatoms. The van der Waals surface area contributed by atoms with Gasteiger partial charge in [0, 0.05) is 18.3 Å². The lowest BCUT2D eigenvalue weighted by atomic mass is 10.2. The predicted molar refractivity (Wildman–Crippen MR) is 86.8 cm³/mol. The Labute approximate surface area is 132 Å². The molecular weight excluding hydrogens is 330 g/mol. The molecule has 1 aliphatic rings. The van der Waals surface area contributed by atoms with Gasteiger partial charge in [-0.05, 0) is 54.1 Å². The van der Waals surface area contributed by atoms with Crippen LogP contribution in [0.2, 0.25) is 0 Å². The molecule has 0 saturated carbocycles. The van der Waals surface area contributed by atoms with Gasteiger partial charge in [-0.1, -0.05) is 13.0 Å². The van der Waals surface area contributed by atoms with Crippen LogP contribution in [0.5, 0.6) is 0 Å². The summed E-state index contributed by atoms with van der Waals surface area (Å²) in [6.45, 7) is 5.60. The van der Waals surface area contributed by atoms with Crippen molar-refractivity contribution in [1.29, 1.82) is 0 Å². The van der Waals surface area contributed by atoms with Crippen molar-refractivity contribution in [3.8, 4) is 0 Å². The van der Waals surface area contributed by atoms with E-state index in [4.69, 9.17) is 0 Å². The highest BCUT2D eigenvalue weighted by Gasteiger charge is 2.19. The summed E-state index contributed by atoms with van der Waals surface area (Å²) in [5.41, 5.74) is 4.77. The van der Waals surface area contributed by atoms with Gasteiger partial charge in [-0.2, -0.15) is 5.10 Å². The number of nitrogens with zero attached hydrogens (tertiary/aromatic N) is 3. The van der Waals surface area contributed by atoms with Crippen LogP contribution in [0.25, 0.3) is 0 Å². The summed E-state index contributed by atoms with van der Waals surface area (Å²) in [7, 11) is 0. The molecule has 0 aromatic carbocycles. The minimum atomic E-state index is 0.0875. The Morgan fingerprint density at radius 3 is 2.81 bits per heavy atom. The predicted octanol–water partition coefficient (Wildman–Crippen LogP) is 2.93. The third-order valence-corrected chi connectivity index (χ3v) is 5.17. The fraction of sp³-hybridized carbons (Fsp3) is 0.500. The molecular formula is C16H20BrN3O. The molecule has 2 aromatic heterocycles. The molecule has 0 spiro atoms. The van der Waals surface area contributed by atoms with Crippen molar-refractivity contribution >= 4 is 15.9 Å². The molecule has 0 amide bonds. The second kappa shape index (κ2) is 5.79. The molecule has 0 fully saturated rings. The van der Waals surface area contributed by atoms with E-state index in [9.17, 15) is 4.79 Å². The highest BCUT2D eigenvalue weighted by molar-refractivity contribution is 9.10. The molecule has 0 aliphatic heterocycles. The van der Waals surface area contributed by atoms with Gasteiger partial charge in [0.1, 0.15) is 0 Å². The molecule has 1 aliphatic carbocycles. The van der Waals surface area contributed by atoms with Gasteiger partial charge in [0.15, 0.2) is 0 Å². The molecule has 0 bridgehead atoms. The largest absolute Gasteiger partial charge is 0.306 e. The number of aryl methyl sites for hydroxylation is 3. The Kier molecular flexibility index (Phi) is 4.02. The summed E-state index contributed by atoms with van der Waals surface area (Å²) in [4.78, 5) is 12.3. The Balaban J connectivity index is 2.08. The Bertz CT molecular complexity index is 730. The first-order valence-corrected chi connectivity index (χ1v) is 8.40. The monoisotopic (exact) mass is 349 g/mol. The van der Waals surface area contributed by atoms with E-state index in [0.29, 0.717) is 6.54 Å². The van der Waals surface area contributed by atoms with Crippen molar-refractivity contribution in [2.45, 2.75) is 52.6 Å². The average Bonchev–Trinajstić information content (AvgIpc) is 3.07. The Morgan fingerprint density at radius 1 is 1.29 bits per heavy atom. The zero-order valence-corrected chi connectivity index (χ0v) is 14.1. The standard InChI is InChI=1S/C16H20BrN3O/c1-3-12-16(17)14(20(4-2)18-12)10-19-13-7-5-6-11(13)8-9-15(19)21/h8-9H,3-7,10H2,1-2H3. The third-order valence-electron chi connectivity index (χ3n) is 4.25. The zero-order chi connectivity index (χ0) is 15.0. The van der Waals surface area contributed by atoms with Gasteiger partial charge in [0.05, 0.1) is 22.4 Å². The Hall–Kier alpha value is -1.36. The van der Waals surface area contributed by atoms with Gasteiger partial charge in [-0.3, -0.25) is 9.48 Å². The maximum Gasteiger partial charge on any atom is 0.251 e. The topological polar surface area (TPSA) is 39.8 Å². The molecule has 112 valence electrons. The van der Waals surface area contributed by atoms with Crippen LogP contribution in [-0.4, -0.2) is 14.3 Å². The number of halogens is 1. The van der Waals surface area contributed by atoms with E-state index in [1.807, 2.05) is 15.3 Å². The van der Waals surface area contributed by atoms with Crippen molar-refractivity contribution in [1.82, 2.24) is 14.3 Å². The van der Waals surface area contributed by atoms with E-state index < -0.39 is 0 Å². The van der Waals surface area contributed by atoms with Crippen molar-refractivity contribution in [3.05, 3.63) is 49.6 Å². The van der Waals surface area contributed by atoms with Crippen LogP contribution < -0.4 is 5.56 Å². The van der Waals surface area contributed by atoms with Crippen molar-refractivity contribution in [2.24, 2.45) is 0 Å². The van der Waals surface area contributed by atoms with E-state index in [1.54, 1.807) is 6.07 Å². The SMILES string of the molecule is CCc1nn(CC)c(Cn2c3c(ccc2=O)CCC3)c1Br. The van der Waals surface area contributed by atoms with Crippen molar-refractivity contribution in [3.63, 3.8) is 0 Å². The quantitative estimate of drug-likeness (QED) is 0.851. The van der Waals surface area contributed by atoms with Crippen LogP contribution in [0.4, 0.5) is 0 Å². The smallest absolute Gasteiger partial charge is 0.251 e. The summed E-state index contributed by atoms with van der Waals surface area (Å²) in [6, 6.07) is 3.69. The number of hydrogen-bond donors (Lipinski definition) is 0. The van der Waals surface area contributed by atoms with Gasteiger partial charge in [0.2, 0.25) is 0 Å². The van der Waals surface area contributed by atoms with Gasteiger partial charge in [-0.15, -0.1) is 0 Å². The summed E-state index contributed by atoms with van der Waals surface area (Å²) >= 11 is 3.67. The lowest BCUT2D eigenvalue weighted by Crippen LogP contribution is -2.24. The lowest BCUT2D eigenvalue weighted by molar-refractivity contribution is 0.581. The summed E-state index contributed by atoms with van der Waals surface area (Å²) < 4.78 is 4.98. The maximum atomic E-state index is 12.3. The molecule has 0 atom stereocenters. The van der Waals surface area contributed by atoms with E-state index in [1.165, 1.54) is 11.3 Å². The highest BCUT2D eigenvalue weighted by Crippen LogP contribution is 2.25. The molecule has 0 N–H and O–H groups in total. The minimum absolute atomic E-state index is 0.0875. The van der Waals surface area contributed by atoms with Crippen LogP contribution in [0.1, 0.15) is 42.9 Å². The lowest BCUT2D eigenvalue weighted by Gasteiger charge is -2.13. The minimum Gasteiger partial charge on any atom is -0.306 e. The van der Waals surface area contributed by atoms with E-state index >= 15 is 0 Å². The number of aromatic nitrogens is 3. The number of pyridine rings is 1. The average molecular weight is 350 g/mol. The number of hydrogen-bond acceptors (Lipinski definition) is 2. The maximum absolute atomic E-state index is 12.3. The molecule has 21 heavy (non-hydrogen) atoms. The first kappa shape index (κ1) is 14.6. The van der Waals surface area contributed by atoms with Gasteiger partial charge in [-0.25, -0.2) is 0 Å². The van der Waals surface area contributed by atoms with Crippen LogP contribution in [0.15, 0.2) is 21.4 Å². The first-order valence-electron chi connectivity index (χ1n) is 7.61. The second-order valence-electron chi connectivity index (χ2n) is 5.46. The summed E-state index contributed by atoms with van der Waals surface area (Å²) in [6.07, 6.45) is 4.13. The molecule has 0 saturated heterocycles. The summed E-state index contributed by atoms with van der Waals surface area (Å²) in [5.74, 6) is 0. The van der Waals surface area contributed by atoms with E-state index in [0.717, 1.165) is 48.1 Å². The van der Waals surface area contributed by atoms with E-state index in [-0.39, 0.29) is 5.56 Å². The second-order valence-corrected chi connectivity index (χ2v) is 6.25. The molecule has 3 rings (SSSR count). The third kappa shape index (κ3) is 2.48. The molecule has 4 nitrogen and oxygen atoms in total. The van der Waals surface area contributed by atoms with Gasteiger partial charge < -0.3 is 4.57 Å². The fourth-order valence-electron chi connectivity index (χ4n) is 3.13.